The first-order chi connectivity index (χ1) is 23.2. The van der Waals surface area contributed by atoms with E-state index in [2.05, 4.69) is 5.32 Å². The minimum absolute atomic E-state index is 0. The molecule has 281 valence electrons. The van der Waals surface area contributed by atoms with Crippen LogP contribution in [0.1, 0.15) is 78.6 Å². The van der Waals surface area contributed by atoms with Crippen molar-refractivity contribution in [2.45, 2.75) is 128 Å². The molecule has 1 aromatic rings. The topological polar surface area (TPSA) is 212 Å². The van der Waals surface area contributed by atoms with E-state index < -0.39 is 101 Å². The van der Waals surface area contributed by atoms with Crippen molar-refractivity contribution in [2.75, 3.05) is 6.61 Å². The van der Waals surface area contributed by atoms with Crippen LogP contribution < -0.4 is 5.32 Å². The van der Waals surface area contributed by atoms with Gasteiger partial charge in [-0.3, -0.25) is 4.79 Å². The second kappa shape index (κ2) is 16.7. The molecule has 51 heavy (non-hydrogen) atoms. The van der Waals surface area contributed by atoms with E-state index in [0.29, 0.717) is 5.57 Å². The molecular weight excluding hydrogens is 877 g/mol. The summed E-state index contributed by atoms with van der Waals surface area (Å²) >= 11 is 0. The number of allylic oxidation sites excluding steroid dienone is 1. The Hall–Kier alpha value is -1.73. The van der Waals surface area contributed by atoms with Gasteiger partial charge in [0.25, 0.3) is 0 Å². The smallest absolute Gasteiger partial charge is 0.338 e. The monoisotopic (exact) mass is 930 g/mol. The van der Waals surface area contributed by atoms with E-state index >= 15 is 0 Å². The number of fused-ring (bicyclic) bond motifs is 1. The molecule has 1 radical (unpaired) electrons. The van der Waals surface area contributed by atoms with Gasteiger partial charge in [-0.2, -0.15) is 0 Å². The zero-order valence-electron chi connectivity index (χ0n) is 30.6. The number of esters is 2. The molecule has 1 aromatic carbocycles. The van der Waals surface area contributed by atoms with E-state index in [1.807, 2.05) is 0 Å². The molecule has 3 aliphatic rings. The molecule has 1 saturated carbocycles. The maximum atomic E-state index is 13.8. The van der Waals surface area contributed by atoms with Gasteiger partial charge in [0.15, 0.2) is 6.10 Å². The Morgan fingerprint density at radius 3 is 2.18 bits per heavy atom. The predicted octanol–water partition coefficient (Wildman–Crippen LogP) is 1.32. The standard InChI is InChI=1S/C37H53NO12.Ac/c1-18(2)14-24(38-22(6)40)31(43)34(45)49-26-16-37(47,35(7,8)28(20(26)4)30(42)21(5)39)32(50-33(44)23-12-10-9-11-13-23)29-19(3)25(41)15-27-36(29,46)17-48-27;/h9-14,19,21,24-27,29-32,39,41-43,46-47H,15-17H2,1-8H3,(H,38,40);/t19-,21?,24?,25?,26?,27?,29?,30?,31?,32?,36?,37?;/m0./s1. The van der Waals surface area contributed by atoms with Gasteiger partial charge in [0.05, 0.1) is 36.5 Å². The molecule has 12 atom stereocenters. The van der Waals surface area contributed by atoms with Crippen molar-refractivity contribution < 1.29 is 103 Å². The number of hydrogen-bond donors (Lipinski definition) is 7. The third kappa shape index (κ3) is 8.50. The van der Waals surface area contributed by atoms with Gasteiger partial charge in [-0.1, -0.05) is 50.6 Å². The SMILES string of the molecule is CC(=O)NC(C=C(C)C)C(O)C(=O)OC1CC(O)(C(OC(=O)c2ccccc2)C2[C@@H](C)C(O)CC3OCC32O)C(C)(C)C(C(O)C(C)O)=C1C.[Ac]. The average Bonchev–Trinajstić information content (AvgIpc) is 3.03. The van der Waals surface area contributed by atoms with Gasteiger partial charge in [0.1, 0.15) is 29.5 Å². The fourth-order valence-corrected chi connectivity index (χ4v) is 8.05. The molecule has 0 bridgehead atoms. The molecule has 0 aromatic heterocycles. The fourth-order valence-electron chi connectivity index (χ4n) is 8.05. The maximum absolute atomic E-state index is 13.8. The molecule has 13 nitrogen and oxygen atoms in total. The van der Waals surface area contributed by atoms with E-state index in [0.717, 1.165) is 0 Å². The number of hydrogen-bond acceptors (Lipinski definition) is 12. The van der Waals surface area contributed by atoms with E-state index in [-0.39, 0.29) is 73.8 Å². The number of rotatable bonds is 11. The molecule has 1 aliphatic heterocycles. The minimum Gasteiger partial charge on any atom is -0.456 e. The van der Waals surface area contributed by atoms with Crippen molar-refractivity contribution in [1.29, 1.82) is 0 Å². The third-order valence-corrected chi connectivity index (χ3v) is 11.0. The number of ether oxygens (including phenoxy) is 3. The van der Waals surface area contributed by atoms with Crippen LogP contribution in [-0.4, -0.2) is 115 Å². The second-order valence-corrected chi connectivity index (χ2v) is 15.0. The van der Waals surface area contributed by atoms with Crippen LogP contribution in [0.3, 0.4) is 0 Å². The van der Waals surface area contributed by atoms with Crippen molar-refractivity contribution in [3.8, 4) is 0 Å². The number of nitrogens with one attached hydrogen (secondary N) is 1. The minimum atomic E-state index is -2.25. The first-order valence-corrected chi connectivity index (χ1v) is 17.1. The summed E-state index contributed by atoms with van der Waals surface area (Å²) in [5.74, 6) is -4.34. The average molecular weight is 931 g/mol. The third-order valence-electron chi connectivity index (χ3n) is 11.0. The van der Waals surface area contributed by atoms with Crippen molar-refractivity contribution >= 4 is 17.8 Å². The van der Waals surface area contributed by atoms with E-state index in [9.17, 15) is 45.0 Å². The van der Waals surface area contributed by atoms with Crippen LogP contribution in [0.5, 0.6) is 0 Å². The number of amides is 1. The van der Waals surface area contributed by atoms with Gasteiger partial charge in [0, 0.05) is 75.2 Å². The number of carbonyl (C=O) groups excluding carboxylic acids is 3. The second-order valence-electron chi connectivity index (χ2n) is 15.0. The van der Waals surface area contributed by atoms with Crippen LogP contribution in [0.25, 0.3) is 0 Å². The molecule has 1 heterocycles. The summed E-state index contributed by atoms with van der Waals surface area (Å²) in [7, 11) is 0. The first kappa shape index (κ1) is 43.7. The van der Waals surface area contributed by atoms with Gasteiger partial charge in [-0.25, -0.2) is 9.59 Å². The van der Waals surface area contributed by atoms with Crippen molar-refractivity contribution in [2.24, 2.45) is 17.3 Å². The van der Waals surface area contributed by atoms with Gasteiger partial charge in [-0.15, -0.1) is 0 Å². The molecule has 1 saturated heterocycles. The largest absolute Gasteiger partial charge is 0.456 e. The van der Waals surface area contributed by atoms with E-state index in [4.69, 9.17) is 14.2 Å². The summed E-state index contributed by atoms with van der Waals surface area (Å²) in [5, 5.41) is 72.1. The number of benzene rings is 1. The fraction of sp³-hybridized carbons (Fsp3) is 0.649. The maximum Gasteiger partial charge on any atom is 0.338 e. The van der Waals surface area contributed by atoms with Crippen LogP contribution in [0.15, 0.2) is 53.1 Å². The van der Waals surface area contributed by atoms with Crippen molar-refractivity contribution in [3.63, 3.8) is 0 Å². The van der Waals surface area contributed by atoms with Crippen LogP contribution in [-0.2, 0) is 23.8 Å². The van der Waals surface area contributed by atoms with E-state index in [1.165, 1.54) is 32.1 Å². The Balaban J connectivity index is 0.00000702. The Morgan fingerprint density at radius 2 is 1.67 bits per heavy atom. The van der Waals surface area contributed by atoms with Crippen LogP contribution in [0.4, 0.5) is 0 Å². The zero-order valence-corrected chi connectivity index (χ0v) is 35.3. The van der Waals surface area contributed by atoms with Crippen molar-refractivity contribution in [1.82, 2.24) is 5.32 Å². The molecule has 0 spiro atoms. The molecular formula is C37H53AcNO12. The molecule has 11 unspecified atom stereocenters. The summed E-state index contributed by atoms with van der Waals surface area (Å²) in [5.41, 5.74) is -4.20. The number of carbonyl (C=O) groups is 3. The Labute approximate surface area is 335 Å². The molecule has 7 N–H and O–H groups in total. The normalized spacial score (nSPS) is 32.7. The van der Waals surface area contributed by atoms with Gasteiger partial charge < -0.3 is 50.2 Å². The van der Waals surface area contributed by atoms with Gasteiger partial charge in [-0.05, 0) is 56.9 Å². The van der Waals surface area contributed by atoms with Crippen LogP contribution in [0.2, 0.25) is 0 Å². The Morgan fingerprint density at radius 1 is 1.06 bits per heavy atom. The number of aliphatic hydroxyl groups excluding tert-OH is 4. The quantitative estimate of drug-likeness (QED) is 0.124. The van der Waals surface area contributed by atoms with Crippen LogP contribution >= 0.6 is 0 Å². The van der Waals surface area contributed by atoms with Gasteiger partial charge in [0.2, 0.25) is 5.91 Å². The molecule has 1 amide bonds. The van der Waals surface area contributed by atoms with Gasteiger partial charge >= 0.3 is 11.9 Å². The first-order valence-electron chi connectivity index (χ1n) is 17.1. The molecule has 4 rings (SSSR count). The van der Waals surface area contributed by atoms with Crippen LogP contribution in [0, 0.1) is 61.3 Å². The summed E-state index contributed by atoms with van der Waals surface area (Å²) in [4.78, 5) is 39.3. The Kier molecular flexibility index (Phi) is 14.3. The number of aliphatic hydroxyl groups is 6. The molecule has 2 fully saturated rings. The van der Waals surface area contributed by atoms with E-state index in [1.54, 1.807) is 59.7 Å². The summed E-state index contributed by atoms with van der Waals surface area (Å²) in [6, 6.07) is 6.88. The Bertz CT molecular complexity index is 1490. The molecule has 2 aliphatic carbocycles. The summed E-state index contributed by atoms with van der Waals surface area (Å²) in [6.45, 7) is 12.3. The predicted molar refractivity (Wildman–Crippen MR) is 180 cm³/mol. The summed E-state index contributed by atoms with van der Waals surface area (Å²) < 4.78 is 17.7. The molecule has 14 heteroatoms. The van der Waals surface area contributed by atoms with Crippen molar-refractivity contribution in [3.05, 3.63) is 58.7 Å². The zero-order chi connectivity index (χ0) is 37.5. The summed E-state index contributed by atoms with van der Waals surface area (Å²) in [6.07, 6.45) is -8.45.